The molecular weight excluding hydrogens is 366 g/mol. The van der Waals surface area contributed by atoms with Gasteiger partial charge in [-0.05, 0) is 44.0 Å². The maximum atomic E-state index is 12.6. The van der Waals surface area contributed by atoms with E-state index in [1.165, 1.54) is 4.68 Å². The van der Waals surface area contributed by atoms with Crippen molar-refractivity contribution >= 4 is 11.4 Å². The summed E-state index contributed by atoms with van der Waals surface area (Å²) in [4.78, 5) is 23.2. The first-order chi connectivity index (χ1) is 13.9. The maximum Gasteiger partial charge on any atom is 0.290 e. The van der Waals surface area contributed by atoms with Gasteiger partial charge in [0, 0.05) is 49.6 Å². The number of pyridine rings is 2. The zero-order valence-corrected chi connectivity index (χ0v) is 17.2. The van der Waals surface area contributed by atoms with E-state index in [1.54, 1.807) is 24.2 Å². The number of hydrogen-bond donors (Lipinski definition) is 0. The van der Waals surface area contributed by atoms with Gasteiger partial charge in [-0.1, -0.05) is 6.07 Å². The number of aromatic nitrogens is 4. The van der Waals surface area contributed by atoms with Gasteiger partial charge in [-0.15, -0.1) is 5.10 Å². The molecule has 1 aliphatic carbocycles. The lowest BCUT2D eigenvalue weighted by Crippen LogP contribution is -2.27. The molecule has 7 nitrogen and oxygen atoms in total. The third kappa shape index (κ3) is 4.13. The minimum absolute atomic E-state index is 0.187. The Morgan fingerprint density at radius 3 is 2.69 bits per heavy atom. The molecule has 3 aromatic heterocycles. The lowest BCUT2D eigenvalue weighted by atomic mass is 10.2. The highest BCUT2D eigenvalue weighted by Crippen LogP contribution is 2.46. The molecule has 1 fully saturated rings. The molecule has 1 aliphatic rings. The van der Waals surface area contributed by atoms with Crippen molar-refractivity contribution in [3.63, 3.8) is 0 Å². The normalized spacial score (nSPS) is 17.8. The Balaban J connectivity index is 1.47. The molecule has 1 saturated carbocycles. The Kier molecular flexibility index (Phi) is 5.05. The minimum Gasteiger partial charge on any atom is -0.476 e. The molecule has 4 rings (SSSR count). The highest BCUT2D eigenvalue weighted by Gasteiger charge is 2.40. The Hall–Kier alpha value is -3.22. The summed E-state index contributed by atoms with van der Waals surface area (Å²) in [7, 11) is 3.48. The van der Waals surface area contributed by atoms with Gasteiger partial charge in [0.25, 0.3) is 5.56 Å². The summed E-state index contributed by atoms with van der Waals surface area (Å²) < 4.78 is 7.26. The fraction of sp³-hybridized carbons (Fsp3) is 0.364. The van der Waals surface area contributed by atoms with Crippen LogP contribution in [0.3, 0.4) is 0 Å². The smallest absolute Gasteiger partial charge is 0.290 e. The van der Waals surface area contributed by atoms with E-state index >= 15 is 0 Å². The molecule has 0 radical (unpaired) electrons. The molecule has 0 spiro atoms. The third-order valence-corrected chi connectivity index (χ3v) is 5.35. The van der Waals surface area contributed by atoms with Crippen LogP contribution in [0.15, 0.2) is 47.5 Å². The molecule has 0 amide bonds. The van der Waals surface area contributed by atoms with Crippen LogP contribution in [0.5, 0.6) is 5.88 Å². The molecule has 3 aromatic rings. The zero-order chi connectivity index (χ0) is 20.5. The van der Waals surface area contributed by atoms with Crippen molar-refractivity contribution in [3.8, 4) is 5.88 Å². The zero-order valence-electron chi connectivity index (χ0n) is 17.2. The molecule has 0 unspecified atom stereocenters. The van der Waals surface area contributed by atoms with Crippen molar-refractivity contribution < 1.29 is 4.74 Å². The predicted molar refractivity (Wildman–Crippen MR) is 112 cm³/mol. The van der Waals surface area contributed by atoms with Crippen molar-refractivity contribution in [3.05, 3.63) is 70.0 Å². The SMILES string of the molecule is Cc1ccc([C@H]2C[C@@H]2COc2cc(N(C)c3ccc(C)nc3)c(=O)n(C)n2)nc1. The average molecular weight is 391 g/mol. The van der Waals surface area contributed by atoms with E-state index in [0.717, 1.165) is 29.1 Å². The molecule has 0 saturated heterocycles. The number of anilines is 2. The molecule has 0 bridgehead atoms. The molecule has 29 heavy (non-hydrogen) atoms. The number of rotatable bonds is 6. The highest BCUT2D eigenvalue weighted by molar-refractivity contribution is 5.61. The van der Waals surface area contributed by atoms with Crippen LogP contribution >= 0.6 is 0 Å². The van der Waals surface area contributed by atoms with E-state index < -0.39 is 0 Å². The summed E-state index contributed by atoms with van der Waals surface area (Å²) >= 11 is 0. The first kappa shape index (κ1) is 19.1. The average Bonchev–Trinajstić information content (AvgIpc) is 3.49. The first-order valence-corrected chi connectivity index (χ1v) is 9.72. The van der Waals surface area contributed by atoms with Gasteiger partial charge in [0.1, 0.15) is 5.69 Å². The van der Waals surface area contributed by atoms with Crippen LogP contribution in [0.25, 0.3) is 0 Å². The topological polar surface area (TPSA) is 73.1 Å². The fourth-order valence-electron chi connectivity index (χ4n) is 3.36. The summed E-state index contributed by atoms with van der Waals surface area (Å²) in [6.07, 6.45) is 4.71. The summed E-state index contributed by atoms with van der Waals surface area (Å²) in [5, 5.41) is 4.26. The Morgan fingerprint density at radius 2 is 2.00 bits per heavy atom. The minimum atomic E-state index is -0.187. The van der Waals surface area contributed by atoms with Gasteiger partial charge in [-0.3, -0.25) is 14.8 Å². The summed E-state index contributed by atoms with van der Waals surface area (Å²) in [5.74, 6) is 1.30. The van der Waals surface area contributed by atoms with E-state index in [2.05, 4.69) is 27.2 Å². The Bertz CT molecular complexity index is 1060. The lowest BCUT2D eigenvalue weighted by molar-refractivity contribution is 0.278. The molecule has 7 heteroatoms. The number of nitrogens with zero attached hydrogens (tertiary/aromatic N) is 5. The van der Waals surface area contributed by atoms with Gasteiger partial charge < -0.3 is 9.64 Å². The van der Waals surface area contributed by atoms with Crippen LogP contribution in [-0.2, 0) is 7.05 Å². The van der Waals surface area contributed by atoms with Crippen molar-refractivity contribution in [2.75, 3.05) is 18.6 Å². The van der Waals surface area contributed by atoms with Gasteiger partial charge in [0.05, 0.1) is 18.5 Å². The van der Waals surface area contributed by atoms with Crippen LogP contribution in [0.1, 0.15) is 29.3 Å². The molecule has 150 valence electrons. The first-order valence-electron chi connectivity index (χ1n) is 9.72. The van der Waals surface area contributed by atoms with Crippen molar-refractivity contribution in [1.82, 2.24) is 19.7 Å². The molecule has 2 atom stereocenters. The number of hydrogen-bond acceptors (Lipinski definition) is 6. The van der Waals surface area contributed by atoms with Crippen LogP contribution in [0.2, 0.25) is 0 Å². The van der Waals surface area contributed by atoms with Crippen LogP contribution in [0, 0.1) is 19.8 Å². The van der Waals surface area contributed by atoms with Gasteiger partial charge in [-0.2, -0.15) is 0 Å². The van der Waals surface area contributed by atoms with E-state index in [9.17, 15) is 4.79 Å². The second-order valence-corrected chi connectivity index (χ2v) is 7.69. The van der Waals surface area contributed by atoms with E-state index in [-0.39, 0.29) is 5.56 Å². The summed E-state index contributed by atoms with van der Waals surface area (Å²) in [6.45, 7) is 4.52. The van der Waals surface area contributed by atoms with Crippen LogP contribution < -0.4 is 15.2 Å². The summed E-state index contributed by atoms with van der Waals surface area (Å²) in [5.41, 5.74) is 4.35. The highest BCUT2D eigenvalue weighted by atomic mass is 16.5. The quantitative estimate of drug-likeness (QED) is 0.643. The predicted octanol–water partition coefficient (Wildman–Crippen LogP) is 3.14. The number of aryl methyl sites for hydroxylation is 3. The fourth-order valence-corrected chi connectivity index (χ4v) is 3.36. The van der Waals surface area contributed by atoms with Crippen LogP contribution in [-0.4, -0.2) is 33.4 Å². The van der Waals surface area contributed by atoms with Gasteiger partial charge in [0.2, 0.25) is 5.88 Å². The molecular formula is C22H25N5O2. The van der Waals surface area contributed by atoms with Crippen molar-refractivity contribution in [2.24, 2.45) is 13.0 Å². The third-order valence-electron chi connectivity index (χ3n) is 5.35. The van der Waals surface area contributed by atoms with Gasteiger partial charge >= 0.3 is 0 Å². The molecule has 3 heterocycles. The second-order valence-electron chi connectivity index (χ2n) is 7.69. The number of ether oxygens (including phenoxy) is 1. The largest absolute Gasteiger partial charge is 0.476 e. The Morgan fingerprint density at radius 1 is 1.17 bits per heavy atom. The Labute approximate surface area is 170 Å². The molecule has 0 aromatic carbocycles. The standard InChI is InChI=1S/C22H25N5O2/c1-14-5-8-19(24-11-14)18-9-16(18)13-29-21-10-20(22(28)27(4)25-21)26(3)17-7-6-15(2)23-12-17/h5-8,10-12,16,18H,9,13H2,1-4H3/t16-,18+/m1/s1. The van der Waals surface area contributed by atoms with Crippen LogP contribution in [0.4, 0.5) is 11.4 Å². The van der Waals surface area contributed by atoms with E-state index in [0.29, 0.717) is 30.0 Å². The van der Waals surface area contributed by atoms with Gasteiger partial charge in [-0.25, -0.2) is 4.68 Å². The monoisotopic (exact) mass is 391 g/mol. The van der Waals surface area contributed by atoms with Gasteiger partial charge in [0.15, 0.2) is 0 Å². The maximum absolute atomic E-state index is 12.6. The second kappa shape index (κ2) is 7.66. The summed E-state index contributed by atoms with van der Waals surface area (Å²) in [6, 6.07) is 9.74. The lowest BCUT2D eigenvalue weighted by Gasteiger charge is -2.19. The van der Waals surface area contributed by atoms with E-state index in [1.807, 2.05) is 39.2 Å². The molecule has 0 aliphatic heterocycles. The molecule has 0 N–H and O–H groups in total. The van der Waals surface area contributed by atoms with Crippen molar-refractivity contribution in [2.45, 2.75) is 26.2 Å². The van der Waals surface area contributed by atoms with E-state index in [4.69, 9.17) is 4.74 Å². The van der Waals surface area contributed by atoms with Crippen molar-refractivity contribution in [1.29, 1.82) is 0 Å².